The highest BCUT2D eigenvalue weighted by molar-refractivity contribution is 8.26. The van der Waals surface area contributed by atoms with E-state index in [1.165, 1.54) is 14.2 Å². The molecular formula is C18H20NO5S2-. The topological polar surface area (TPSA) is 78.9 Å². The number of carboxylic acid groups (broad SMARTS) is 1. The van der Waals surface area contributed by atoms with Crippen LogP contribution in [-0.2, 0) is 9.59 Å². The summed E-state index contributed by atoms with van der Waals surface area (Å²) >= 11 is 6.33. The van der Waals surface area contributed by atoms with E-state index >= 15 is 0 Å². The molecule has 1 heterocycles. The summed E-state index contributed by atoms with van der Waals surface area (Å²) in [5, 5.41) is 11.6. The van der Waals surface area contributed by atoms with E-state index in [9.17, 15) is 14.7 Å². The molecule has 2 rings (SSSR count). The number of thioether (sulfide) groups is 1. The molecule has 1 aromatic carbocycles. The van der Waals surface area contributed by atoms with Crippen molar-refractivity contribution in [3.63, 3.8) is 0 Å². The van der Waals surface area contributed by atoms with Crippen LogP contribution in [0, 0.1) is 5.92 Å². The molecule has 0 bridgehead atoms. The van der Waals surface area contributed by atoms with Crippen molar-refractivity contribution < 1.29 is 24.2 Å². The van der Waals surface area contributed by atoms with Crippen molar-refractivity contribution in [2.75, 3.05) is 14.2 Å². The van der Waals surface area contributed by atoms with Gasteiger partial charge in [-0.15, -0.1) is 0 Å². The maximum absolute atomic E-state index is 12.8. The summed E-state index contributed by atoms with van der Waals surface area (Å²) < 4.78 is 10.8. The molecule has 1 amide bonds. The minimum Gasteiger partial charge on any atom is -0.548 e. The molecule has 1 fully saturated rings. The van der Waals surface area contributed by atoms with Gasteiger partial charge in [0, 0.05) is 5.56 Å². The highest BCUT2D eigenvalue weighted by Crippen LogP contribution is 2.38. The number of carbonyl (C=O) groups is 2. The van der Waals surface area contributed by atoms with Crippen molar-refractivity contribution in [3.05, 3.63) is 28.7 Å². The quantitative estimate of drug-likeness (QED) is 0.517. The number of hydrogen-bond donors (Lipinski definition) is 0. The van der Waals surface area contributed by atoms with Crippen LogP contribution in [0.4, 0.5) is 0 Å². The highest BCUT2D eigenvalue weighted by atomic mass is 32.2. The number of ether oxygens (including phenoxy) is 2. The molecule has 0 spiro atoms. The van der Waals surface area contributed by atoms with E-state index in [0.29, 0.717) is 28.4 Å². The molecule has 1 saturated heterocycles. The van der Waals surface area contributed by atoms with Gasteiger partial charge in [0.1, 0.15) is 4.32 Å². The van der Waals surface area contributed by atoms with E-state index in [0.717, 1.165) is 16.7 Å². The Morgan fingerprint density at radius 3 is 2.62 bits per heavy atom. The van der Waals surface area contributed by atoms with E-state index in [2.05, 4.69) is 0 Å². The van der Waals surface area contributed by atoms with Gasteiger partial charge in [-0.2, -0.15) is 0 Å². The van der Waals surface area contributed by atoms with E-state index in [1.54, 1.807) is 31.2 Å². The van der Waals surface area contributed by atoms with Crippen LogP contribution in [0.1, 0.15) is 25.8 Å². The Labute approximate surface area is 162 Å². The Bertz CT molecular complexity index is 762. The van der Waals surface area contributed by atoms with Gasteiger partial charge in [0.25, 0.3) is 5.91 Å². The maximum Gasteiger partial charge on any atom is 0.266 e. The van der Waals surface area contributed by atoms with Gasteiger partial charge in [0.2, 0.25) is 0 Å². The summed E-state index contributed by atoms with van der Waals surface area (Å²) in [6.07, 6.45) is 2.21. The minimum absolute atomic E-state index is 0.206. The predicted octanol–water partition coefficient (Wildman–Crippen LogP) is 2.07. The van der Waals surface area contributed by atoms with E-state index < -0.39 is 17.9 Å². The van der Waals surface area contributed by atoms with Crippen molar-refractivity contribution in [3.8, 4) is 11.5 Å². The molecule has 1 aromatic rings. The number of nitrogens with zero attached hydrogens (tertiary/aromatic N) is 1. The zero-order chi connectivity index (χ0) is 19.4. The fourth-order valence-corrected chi connectivity index (χ4v) is 4.02. The number of carboxylic acids is 1. The number of carbonyl (C=O) groups excluding carboxylic acids is 2. The summed E-state index contributed by atoms with van der Waals surface area (Å²) in [5.41, 5.74) is 0.640. The summed E-state index contributed by atoms with van der Waals surface area (Å²) in [6, 6.07) is 4.21. The normalized spacial score (nSPS) is 18.2. The lowest BCUT2D eigenvalue weighted by Gasteiger charge is -2.32. The lowest BCUT2D eigenvalue weighted by atomic mass is 9.98. The summed E-state index contributed by atoms with van der Waals surface area (Å²) in [5.74, 6) is -1.02. The molecular weight excluding hydrogens is 374 g/mol. The first kappa shape index (κ1) is 20.3. The SMILES string of the molecule is CC[C@@H](C)[C@@H](C(=O)[O-])N1C(=O)/C(=C/c2cccc(OC)c2OC)SC1=S. The van der Waals surface area contributed by atoms with E-state index in [4.69, 9.17) is 21.7 Å². The number of aliphatic carboxylic acids is 1. The third-order valence-electron chi connectivity index (χ3n) is 4.25. The van der Waals surface area contributed by atoms with Gasteiger partial charge >= 0.3 is 0 Å². The molecule has 1 aliphatic heterocycles. The molecule has 0 saturated carbocycles. The molecule has 0 radical (unpaired) electrons. The fraction of sp³-hybridized carbons (Fsp3) is 0.389. The van der Waals surface area contributed by atoms with Gasteiger partial charge in [-0.1, -0.05) is 56.4 Å². The number of methoxy groups -OCH3 is 2. The number of para-hydroxylation sites is 1. The van der Waals surface area contributed by atoms with Crippen LogP contribution in [0.2, 0.25) is 0 Å². The second-order valence-corrected chi connectivity index (χ2v) is 7.46. The van der Waals surface area contributed by atoms with Gasteiger partial charge in [-0.05, 0) is 18.1 Å². The largest absolute Gasteiger partial charge is 0.548 e. The summed E-state index contributed by atoms with van der Waals surface area (Å²) in [4.78, 5) is 25.9. The molecule has 26 heavy (non-hydrogen) atoms. The average Bonchev–Trinajstić information content (AvgIpc) is 2.88. The van der Waals surface area contributed by atoms with Gasteiger partial charge in [-0.3, -0.25) is 9.69 Å². The standard InChI is InChI=1S/C18H21NO5S2/c1-5-10(2)14(17(21)22)19-16(20)13(26-18(19)25)9-11-7-6-8-12(23-3)15(11)24-4/h6-10,14H,5H2,1-4H3,(H,21,22)/p-1/b13-9-/t10-,14+/m1/s1. The lowest BCUT2D eigenvalue weighted by Crippen LogP contribution is -2.53. The smallest absolute Gasteiger partial charge is 0.266 e. The predicted molar refractivity (Wildman–Crippen MR) is 103 cm³/mol. The molecule has 8 heteroatoms. The second kappa shape index (κ2) is 8.55. The number of hydrogen-bond acceptors (Lipinski definition) is 7. The van der Waals surface area contributed by atoms with Gasteiger partial charge in [0.15, 0.2) is 11.5 Å². The number of amides is 1. The maximum atomic E-state index is 12.8. The van der Waals surface area contributed by atoms with Crippen molar-refractivity contribution in [2.45, 2.75) is 26.3 Å². The zero-order valence-electron chi connectivity index (χ0n) is 15.0. The molecule has 0 aliphatic carbocycles. The zero-order valence-corrected chi connectivity index (χ0v) is 16.6. The Kier molecular flexibility index (Phi) is 6.66. The summed E-state index contributed by atoms with van der Waals surface area (Å²) in [6.45, 7) is 3.61. The Balaban J connectivity index is 2.43. The first-order valence-electron chi connectivity index (χ1n) is 8.04. The number of rotatable bonds is 7. The van der Waals surface area contributed by atoms with Crippen LogP contribution >= 0.6 is 24.0 Å². The van der Waals surface area contributed by atoms with Gasteiger partial charge < -0.3 is 19.4 Å². The number of benzene rings is 1. The van der Waals surface area contributed by atoms with Crippen molar-refractivity contribution in [1.29, 1.82) is 0 Å². The minimum atomic E-state index is -1.31. The Hall–Kier alpha value is -2.06. The van der Waals surface area contributed by atoms with Crippen molar-refractivity contribution >= 4 is 46.3 Å². The van der Waals surface area contributed by atoms with Crippen LogP contribution in [0.15, 0.2) is 23.1 Å². The Morgan fingerprint density at radius 1 is 1.38 bits per heavy atom. The van der Waals surface area contributed by atoms with Crippen LogP contribution < -0.4 is 14.6 Å². The van der Waals surface area contributed by atoms with Gasteiger partial charge in [0.05, 0.1) is 31.1 Å². The van der Waals surface area contributed by atoms with E-state index in [1.807, 2.05) is 6.92 Å². The van der Waals surface area contributed by atoms with Crippen LogP contribution in [0.25, 0.3) is 6.08 Å². The highest BCUT2D eigenvalue weighted by Gasteiger charge is 2.39. The van der Waals surface area contributed by atoms with Crippen LogP contribution in [-0.4, -0.2) is 41.4 Å². The lowest BCUT2D eigenvalue weighted by molar-refractivity contribution is -0.311. The average molecular weight is 394 g/mol. The van der Waals surface area contributed by atoms with Crippen molar-refractivity contribution in [1.82, 2.24) is 4.90 Å². The van der Waals surface area contributed by atoms with Crippen molar-refractivity contribution in [2.24, 2.45) is 5.92 Å². The Morgan fingerprint density at radius 2 is 2.08 bits per heavy atom. The molecule has 0 N–H and O–H groups in total. The molecule has 140 valence electrons. The third-order valence-corrected chi connectivity index (χ3v) is 5.58. The van der Waals surface area contributed by atoms with Crippen LogP contribution in [0.3, 0.4) is 0 Å². The molecule has 0 aromatic heterocycles. The third kappa shape index (κ3) is 3.86. The molecule has 1 aliphatic rings. The van der Waals surface area contributed by atoms with Gasteiger partial charge in [-0.25, -0.2) is 0 Å². The molecule has 2 atom stereocenters. The first-order chi connectivity index (χ1) is 12.3. The molecule has 0 unspecified atom stereocenters. The van der Waals surface area contributed by atoms with E-state index in [-0.39, 0.29) is 10.2 Å². The second-order valence-electron chi connectivity index (χ2n) is 5.78. The van der Waals surface area contributed by atoms with Crippen LogP contribution in [0.5, 0.6) is 11.5 Å². The summed E-state index contributed by atoms with van der Waals surface area (Å²) in [7, 11) is 3.03. The monoisotopic (exact) mass is 394 g/mol. The molecule has 6 nitrogen and oxygen atoms in total. The first-order valence-corrected chi connectivity index (χ1v) is 9.27. The number of thiocarbonyl (C=S) groups is 1. The fourth-order valence-electron chi connectivity index (χ4n) is 2.70.